The Labute approximate surface area is 99.7 Å². The van der Waals surface area contributed by atoms with Gasteiger partial charge in [0.1, 0.15) is 5.69 Å². The summed E-state index contributed by atoms with van der Waals surface area (Å²) in [7, 11) is 1.61. The van der Waals surface area contributed by atoms with Gasteiger partial charge >= 0.3 is 0 Å². The Hall–Kier alpha value is -1.72. The van der Waals surface area contributed by atoms with Crippen LogP contribution in [0.25, 0.3) is 5.69 Å². The molecular formula is C12H15N3O2. The first-order chi connectivity index (χ1) is 8.27. The van der Waals surface area contributed by atoms with Gasteiger partial charge in [0.25, 0.3) is 0 Å². The van der Waals surface area contributed by atoms with Gasteiger partial charge < -0.3 is 9.84 Å². The maximum Gasteiger partial charge on any atom is 0.114 e. The first-order valence-electron chi connectivity index (χ1n) is 5.37. The summed E-state index contributed by atoms with van der Waals surface area (Å²) in [5.74, 6) is 0. The zero-order valence-corrected chi connectivity index (χ0v) is 9.92. The third kappa shape index (κ3) is 2.20. The van der Waals surface area contributed by atoms with Crippen molar-refractivity contribution in [1.29, 1.82) is 0 Å². The molecule has 1 aromatic carbocycles. The predicted molar refractivity (Wildman–Crippen MR) is 62.7 cm³/mol. The van der Waals surface area contributed by atoms with Crippen LogP contribution >= 0.6 is 0 Å². The number of ether oxygens (including phenoxy) is 1. The molecule has 90 valence electrons. The fraction of sp³-hybridized carbons (Fsp3) is 0.333. The van der Waals surface area contributed by atoms with Gasteiger partial charge in [-0.2, -0.15) is 0 Å². The summed E-state index contributed by atoms with van der Waals surface area (Å²) >= 11 is 0. The van der Waals surface area contributed by atoms with Crippen molar-refractivity contribution in [3.8, 4) is 5.69 Å². The lowest BCUT2D eigenvalue weighted by molar-refractivity contribution is 0.175. The van der Waals surface area contributed by atoms with Crippen LogP contribution in [-0.4, -0.2) is 27.2 Å². The topological polar surface area (TPSA) is 60.2 Å². The van der Waals surface area contributed by atoms with Gasteiger partial charge in [0.2, 0.25) is 0 Å². The monoisotopic (exact) mass is 233 g/mol. The fourth-order valence-corrected chi connectivity index (χ4v) is 1.73. The highest BCUT2D eigenvalue weighted by atomic mass is 16.5. The van der Waals surface area contributed by atoms with Gasteiger partial charge in [0.05, 0.1) is 24.6 Å². The van der Waals surface area contributed by atoms with Crippen molar-refractivity contribution in [3.05, 3.63) is 41.2 Å². The lowest BCUT2D eigenvalue weighted by atomic mass is 10.2. The summed E-state index contributed by atoms with van der Waals surface area (Å²) in [5, 5.41) is 17.2. The van der Waals surface area contributed by atoms with Crippen molar-refractivity contribution >= 4 is 0 Å². The minimum absolute atomic E-state index is 0.134. The highest BCUT2D eigenvalue weighted by Gasteiger charge is 2.14. The normalized spacial score (nSPS) is 10.8. The first-order valence-corrected chi connectivity index (χ1v) is 5.37. The van der Waals surface area contributed by atoms with E-state index in [1.165, 1.54) is 0 Å². The number of hydrogen-bond donors (Lipinski definition) is 1. The van der Waals surface area contributed by atoms with Crippen LogP contribution in [0.3, 0.4) is 0 Å². The highest BCUT2D eigenvalue weighted by molar-refractivity contribution is 5.40. The molecule has 2 aromatic rings. The third-order valence-electron chi connectivity index (χ3n) is 2.62. The Morgan fingerprint density at radius 1 is 1.35 bits per heavy atom. The van der Waals surface area contributed by atoms with E-state index in [2.05, 4.69) is 10.3 Å². The van der Waals surface area contributed by atoms with E-state index in [0.717, 1.165) is 16.9 Å². The van der Waals surface area contributed by atoms with E-state index < -0.39 is 0 Å². The van der Waals surface area contributed by atoms with Crippen molar-refractivity contribution in [1.82, 2.24) is 15.0 Å². The van der Waals surface area contributed by atoms with Crippen LogP contribution in [0.4, 0.5) is 0 Å². The molecule has 0 unspecified atom stereocenters. The summed E-state index contributed by atoms with van der Waals surface area (Å²) in [5.41, 5.74) is 3.38. The van der Waals surface area contributed by atoms with Crippen molar-refractivity contribution in [2.75, 3.05) is 7.11 Å². The smallest absolute Gasteiger partial charge is 0.114 e. The first kappa shape index (κ1) is 11.8. The molecule has 0 amide bonds. The lowest BCUT2D eigenvalue weighted by Gasteiger charge is -2.09. The van der Waals surface area contributed by atoms with E-state index in [1.54, 1.807) is 11.8 Å². The molecule has 0 fully saturated rings. The summed E-state index contributed by atoms with van der Waals surface area (Å²) in [6.45, 7) is 2.24. The minimum atomic E-state index is -0.134. The van der Waals surface area contributed by atoms with Crippen LogP contribution in [0.2, 0.25) is 0 Å². The standard InChI is InChI=1S/C12H15N3O2/c1-9-5-3-4-6-11(9)15-12(8-17-2)10(7-16)13-14-15/h3-6,16H,7-8H2,1-2H3. The number of aliphatic hydroxyl groups is 1. The quantitative estimate of drug-likeness (QED) is 0.862. The summed E-state index contributed by atoms with van der Waals surface area (Å²) in [4.78, 5) is 0. The molecule has 0 saturated heterocycles. The van der Waals surface area contributed by atoms with Gasteiger partial charge in [-0.1, -0.05) is 23.4 Å². The van der Waals surface area contributed by atoms with Crippen LogP contribution in [-0.2, 0) is 18.0 Å². The number of nitrogens with zero attached hydrogens (tertiary/aromatic N) is 3. The number of aromatic nitrogens is 3. The van der Waals surface area contributed by atoms with Crippen LogP contribution in [0.15, 0.2) is 24.3 Å². The third-order valence-corrected chi connectivity index (χ3v) is 2.62. The number of methoxy groups -OCH3 is 1. The molecule has 0 spiro atoms. The summed E-state index contributed by atoms with van der Waals surface area (Å²) < 4.78 is 6.83. The number of rotatable bonds is 4. The molecule has 1 heterocycles. The van der Waals surface area contributed by atoms with E-state index in [0.29, 0.717) is 12.3 Å². The van der Waals surface area contributed by atoms with Gasteiger partial charge in [-0.15, -0.1) is 5.10 Å². The Balaban J connectivity index is 2.52. The number of benzene rings is 1. The molecule has 17 heavy (non-hydrogen) atoms. The molecular weight excluding hydrogens is 218 g/mol. The van der Waals surface area contributed by atoms with Crippen LogP contribution < -0.4 is 0 Å². The average Bonchev–Trinajstić information content (AvgIpc) is 2.73. The van der Waals surface area contributed by atoms with Gasteiger partial charge in [-0.25, -0.2) is 4.68 Å². The van der Waals surface area contributed by atoms with E-state index in [-0.39, 0.29) is 6.61 Å². The van der Waals surface area contributed by atoms with Crippen molar-refractivity contribution in [2.45, 2.75) is 20.1 Å². The van der Waals surface area contributed by atoms with Gasteiger partial charge in [-0.3, -0.25) is 0 Å². The van der Waals surface area contributed by atoms with E-state index in [9.17, 15) is 5.11 Å². The molecule has 0 saturated carbocycles. The van der Waals surface area contributed by atoms with Crippen LogP contribution in [0.1, 0.15) is 17.0 Å². The second-order valence-electron chi connectivity index (χ2n) is 3.77. The van der Waals surface area contributed by atoms with E-state index >= 15 is 0 Å². The largest absolute Gasteiger partial charge is 0.390 e. The second-order valence-corrected chi connectivity index (χ2v) is 3.77. The molecule has 0 aliphatic rings. The van der Waals surface area contributed by atoms with E-state index in [4.69, 9.17) is 4.74 Å². The van der Waals surface area contributed by atoms with Crippen LogP contribution in [0.5, 0.6) is 0 Å². The molecule has 0 atom stereocenters. The average molecular weight is 233 g/mol. The molecule has 1 aromatic heterocycles. The number of hydrogen-bond acceptors (Lipinski definition) is 4. The molecule has 0 aliphatic carbocycles. The molecule has 1 N–H and O–H groups in total. The predicted octanol–water partition coefficient (Wildman–Crippen LogP) is 1.21. The zero-order chi connectivity index (χ0) is 12.3. The zero-order valence-electron chi connectivity index (χ0n) is 9.92. The molecule has 0 bridgehead atoms. The molecule has 5 heteroatoms. The SMILES string of the molecule is COCc1c(CO)nnn1-c1ccccc1C. The minimum Gasteiger partial charge on any atom is -0.390 e. The number of para-hydroxylation sites is 1. The molecule has 2 rings (SSSR count). The lowest BCUT2D eigenvalue weighted by Crippen LogP contribution is -2.06. The van der Waals surface area contributed by atoms with Crippen molar-refractivity contribution in [2.24, 2.45) is 0 Å². The summed E-state index contributed by atoms with van der Waals surface area (Å²) in [6.07, 6.45) is 0. The highest BCUT2D eigenvalue weighted by Crippen LogP contribution is 2.17. The maximum atomic E-state index is 9.20. The summed E-state index contributed by atoms with van der Waals surface area (Å²) in [6, 6.07) is 7.88. The van der Waals surface area contributed by atoms with Gasteiger partial charge in [0, 0.05) is 7.11 Å². The number of aryl methyl sites for hydroxylation is 1. The Morgan fingerprint density at radius 3 is 2.76 bits per heavy atom. The van der Waals surface area contributed by atoms with Crippen molar-refractivity contribution in [3.63, 3.8) is 0 Å². The fourth-order valence-electron chi connectivity index (χ4n) is 1.73. The molecule has 0 aliphatic heterocycles. The van der Waals surface area contributed by atoms with Gasteiger partial charge in [-0.05, 0) is 18.6 Å². The second kappa shape index (κ2) is 5.07. The van der Waals surface area contributed by atoms with Crippen LogP contribution in [0, 0.1) is 6.92 Å². The molecule has 5 nitrogen and oxygen atoms in total. The Kier molecular flexibility index (Phi) is 3.51. The number of aliphatic hydroxyl groups excluding tert-OH is 1. The van der Waals surface area contributed by atoms with Gasteiger partial charge in [0.15, 0.2) is 0 Å². The molecule has 0 radical (unpaired) electrons. The Bertz CT molecular complexity index is 508. The Morgan fingerprint density at radius 2 is 2.12 bits per heavy atom. The van der Waals surface area contributed by atoms with E-state index in [1.807, 2.05) is 31.2 Å². The maximum absolute atomic E-state index is 9.20. The van der Waals surface area contributed by atoms with Crippen molar-refractivity contribution < 1.29 is 9.84 Å².